The maximum Gasteiger partial charge on any atom is 0.330 e. The molecule has 2 aromatic rings. The average molecular weight is 262 g/mol. The standard InChI is InChI=1S/C8H5ClFN3O2S/c9-6-5(10)7(14)13(8(15)12-6)3-4-11-1-2-16-4/h1-2H,3H2,(H,12,15). The van der Waals surface area contributed by atoms with Crippen molar-refractivity contribution in [3.05, 3.63) is 48.4 Å². The lowest BCUT2D eigenvalue weighted by Gasteiger charge is -2.02. The van der Waals surface area contributed by atoms with Crippen molar-refractivity contribution in [3.8, 4) is 0 Å². The molecular weight excluding hydrogens is 257 g/mol. The smallest absolute Gasteiger partial charge is 0.295 e. The number of rotatable bonds is 2. The Labute approximate surface area is 97.2 Å². The summed E-state index contributed by atoms with van der Waals surface area (Å²) in [6.45, 7) is -0.0695. The van der Waals surface area contributed by atoms with Gasteiger partial charge < -0.3 is 0 Å². The van der Waals surface area contributed by atoms with Crippen LogP contribution < -0.4 is 11.2 Å². The Morgan fingerprint density at radius 2 is 2.31 bits per heavy atom. The van der Waals surface area contributed by atoms with Crippen molar-refractivity contribution in [2.45, 2.75) is 6.54 Å². The van der Waals surface area contributed by atoms with Gasteiger partial charge in [0.2, 0.25) is 5.82 Å². The van der Waals surface area contributed by atoms with Gasteiger partial charge in [0, 0.05) is 11.6 Å². The minimum absolute atomic E-state index is 0.0695. The Balaban J connectivity index is 2.54. The highest BCUT2D eigenvalue weighted by Crippen LogP contribution is 2.06. The van der Waals surface area contributed by atoms with Crippen LogP contribution in [-0.4, -0.2) is 14.5 Å². The van der Waals surface area contributed by atoms with Crippen LogP contribution in [0.1, 0.15) is 5.01 Å². The molecule has 0 aliphatic heterocycles. The summed E-state index contributed by atoms with van der Waals surface area (Å²) in [4.78, 5) is 28.7. The van der Waals surface area contributed by atoms with E-state index in [9.17, 15) is 14.0 Å². The van der Waals surface area contributed by atoms with Gasteiger partial charge in [-0.1, -0.05) is 11.6 Å². The normalized spacial score (nSPS) is 10.6. The molecule has 0 aliphatic carbocycles. The van der Waals surface area contributed by atoms with Crippen LogP contribution in [-0.2, 0) is 6.54 Å². The molecule has 0 amide bonds. The molecule has 0 fully saturated rings. The largest absolute Gasteiger partial charge is 0.330 e. The molecule has 2 rings (SSSR count). The van der Waals surface area contributed by atoms with E-state index in [0.717, 1.165) is 0 Å². The molecule has 0 radical (unpaired) electrons. The molecule has 0 saturated heterocycles. The van der Waals surface area contributed by atoms with E-state index < -0.39 is 22.2 Å². The number of hydrogen-bond donors (Lipinski definition) is 1. The Kier molecular flexibility index (Phi) is 2.88. The first-order valence-electron chi connectivity index (χ1n) is 4.16. The molecular formula is C8H5ClFN3O2S. The van der Waals surface area contributed by atoms with Crippen molar-refractivity contribution < 1.29 is 4.39 Å². The van der Waals surface area contributed by atoms with Gasteiger partial charge in [-0.25, -0.2) is 9.78 Å². The fourth-order valence-electron chi connectivity index (χ4n) is 1.13. The van der Waals surface area contributed by atoms with E-state index in [1.807, 2.05) is 4.98 Å². The highest BCUT2D eigenvalue weighted by molar-refractivity contribution is 7.09. The fraction of sp³-hybridized carbons (Fsp3) is 0.125. The minimum atomic E-state index is -1.17. The summed E-state index contributed by atoms with van der Waals surface area (Å²) in [6, 6.07) is 0. The Morgan fingerprint density at radius 3 is 2.94 bits per heavy atom. The van der Waals surface area contributed by atoms with Crippen LogP contribution in [0.25, 0.3) is 0 Å². The van der Waals surface area contributed by atoms with Crippen LogP contribution in [0.15, 0.2) is 21.2 Å². The van der Waals surface area contributed by atoms with E-state index in [0.29, 0.717) is 9.57 Å². The summed E-state index contributed by atoms with van der Waals surface area (Å²) in [7, 11) is 0. The number of thiazole rings is 1. The fourth-order valence-corrected chi connectivity index (χ4v) is 1.90. The molecule has 0 saturated carbocycles. The molecule has 2 heterocycles. The highest BCUT2D eigenvalue weighted by Gasteiger charge is 2.12. The maximum atomic E-state index is 13.1. The van der Waals surface area contributed by atoms with Gasteiger partial charge in [-0.3, -0.25) is 14.3 Å². The predicted molar refractivity (Wildman–Crippen MR) is 57.5 cm³/mol. The summed E-state index contributed by atoms with van der Waals surface area (Å²) in [5.41, 5.74) is -1.81. The minimum Gasteiger partial charge on any atom is -0.295 e. The zero-order valence-electron chi connectivity index (χ0n) is 7.74. The monoisotopic (exact) mass is 261 g/mol. The molecule has 5 nitrogen and oxygen atoms in total. The summed E-state index contributed by atoms with van der Waals surface area (Å²) >= 11 is 6.58. The van der Waals surface area contributed by atoms with Crippen LogP contribution in [0.3, 0.4) is 0 Å². The number of aromatic nitrogens is 3. The lowest BCUT2D eigenvalue weighted by atomic mass is 10.5. The number of nitrogens with one attached hydrogen (secondary N) is 1. The summed E-state index contributed by atoms with van der Waals surface area (Å²) in [5.74, 6) is -1.17. The third-order valence-electron chi connectivity index (χ3n) is 1.86. The first-order valence-corrected chi connectivity index (χ1v) is 5.42. The Hall–Kier alpha value is -1.47. The molecule has 2 aromatic heterocycles. The van der Waals surface area contributed by atoms with E-state index >= 15 is 0 Å². The van der Waals surface area contributed by atoms with Gasteiger partial charge in [-0.05, 0) is 0 Å². The average Bonchev–Trinajstić information content (AvgIpc) is 2.74. The van der Waals surface area contributed by atoms with Crippen molar-refractivity contribution in [3.63, 3.8) is 0 Å². The second-order valence-corrected chi connectivity index (χ2v) is 4.23. The highest BCUT2D eigenvalue weighted by atomic mass is 35.5. The topological polar surface area (TPSA) is 67.8 Å². The van der Waals surface area contributed by atoms with Crippen molar-refractivity contribution in [2.24, 2.45) is 0 Å². The van der Waals surface area contributed by atoms with E-state index in [1.54, 1.807) is 5.38 Å². The first-order chi connectivity index (χ1) is 7.59. The zero-order valence-corrected chi connectivity index (χ0v) is 9.31. The number of H-pyrrole nitrogens is 1. The van der Waals surface area contributed by atoms with Gasteiger partial charge in [-0.15, -0.1) is 11.3 Å². The summed E-state index contributed by atoms with van der Waals surface area (Å²) in [6.07, 6.45) is 1.53. The quantitative estimate of drug-likeness (QED) is 0.815. The molecule has 0 aromatic carbocycles. The maximum absolute atomic E-state index is 13.1. The molecule has 1 N–H and O–H groups in total. The summed E-state index contributed by atoms with van der Waals surface area (Å²) in [5, 5.41) is 1.65. The number of aromatic amines is 1. The molecule has 0 atom stereocenters. The second-order valence-electron chi connectivity index (χ2n) is 2.88. The van der Waals surface area contributed by atoms with Crippen molar-refractivity contribution >= 4 is 22.9 Å². The van der Waals surface area contributed by atoms with Crippen LogP contribution in [0.5, 0.6) is 0 Å². The third kappa shape index (κ3) is 1.91. The Bertz CT molecular complexity index is 619. The number of hydrogen-bond acceptors (Lipinski definition) is 4. The van der Waals surface area contributed by atoms with Crippen molar-refractivity contribution in [2.75, 3.05) is 0 Å². The molecule has 8 heteroatoms. The van der Waals surface area contributed by atoms with E-state index in [4.69, 9.17) is 11.6 Å². The van der Waals surface area contributed by atoms with Gasteiger partial charge in [0.15, 0.2) is 5.15 Å². The van der Waals surface area contributed by atoms with Gasteiger partial charge in [0.25, 0.3) is 5.56 Å². The predicted octanol–water partition coefficient (Wildman–Crippen LogP) is 0.834. The van der Waals surface area contributed by atoms with Gasteiger partial charge in [-0.2, -0.15) is 4.39 Å². The third-order valence-corrected chi connectivity index (χ3v) is 2.89. The molecule has 0 spiro atoms. The number of nitrogens with zero attached hydrogens (tertiary/aromatic N) is 2. The van der Waals surface area contributed by atoms with Crippen LogP contribution in [0, 0.1) is 5.82 Å². The summed E-state index contributed by atoms with van der Waals surface area (Å²) < 4.78 is 13.9. The van der Waals surface area contributed by atoms with E-state index in [1.165, 1.54) is 17.5 Å². The van der Waals surface area contributed by atoms with Gasteiger partial charge >= 0.3 is 5.69 Å². The molecule has 84 valence electrons. The number of halogens is 2. The molecule has 0 unspecified atom stereocenters. The molecule has 0 aliphatic rings. The lowest BCUT2D eigenvalue weighted by Crippen LogP contribution is -2.37. The van der Waals surface area contributed by atoms with Crippen LogP contribution in [0.4, 0.5) is 4.39 Å². The first kappa shape index (κ1) is 11.0. The van der Waals surface area contributed by atoms with Gasteiger partial charge in [0.05, 0.1) is 6.54 Å². The van der Waals surface area contributed by atoms with Gasteiger partial charge in [0.1, 0.15) is 5.01 Å². The molecule has 16 heavy (non-hydrogen) atoms. The van der Waals surface area contributed by atoms with Crippen LogP contribution >= 0.6 is 22.9 Å². The Morgan fingerprint density at radius 1 is 1.56 bits per heavy atom. The second kappa shape index (κ2) is 4.18. The van der Waals surface area contributed by atoms with Crippen molar-refractivity contribution in [1.29, 1.82) is 0 Å². The van der Waals surface area contributed by atoms with Crippen LogP contribution in [0.2, 0.25) is 5.15 Å². The van der Waals surface area contributed by atoms with Crippen molar-refractivity contribution in [1.82, 2.24) is 14.5 Å². The van der Waals surface area contributed by atoms with E-state index in [-0.39, 0.29) is 6.54 Å². The van der Waals surface area contributed by atoms with E-state index in [2.05, 4.69) is 4.98 Å². The molecule has 0 bridgehead atoms. The SMILES string of the molecule is O=c1[nH]c(Cl)c(F)c(=O)n1Cc1nccs1. The zero-order chi connectivity index (χ0) is 11.7. The lowest BCUT2D eigenvalue weighted by molar-refractivity contribution is 0.557.